The quantitative estimate of drug-likeness (QED) is 0.846. The van der Waals surface area contributed by atoms with Crippen molar-refractivity contribution >= 4 is 17.6 Å². The van der Waals surface area contributed by atoms with Crippen LogP contribution < -0.4 is 15.6 Å². The third-order valence-electron chi connectivity index (χ3n) is 3.46. The van der Waals surface area contributed by atoms with Gasteiger partial charge in [-0.3, -0.25) is 4.79 Å². The van der Waals surface area contributed by atoms with Crippen molar-refractivity contribution in [2.45, 2.75) is 19.9 Å². The molecule has 2 N–H and O–H groups in total. The summed E-state index contributed by atoms with van der Waals surface area (Å²) in [7, 11) is 0. The lowest BCUT2D eigenvalue weighted by molar-refractivity contribution is -0.120. The lowest BCUT2D eigenvalue weighted by Gasteiger charge is -2.30. The number of hydrazine groups is 1. The van der Waals surface area contributed by atoms with E-state index in [0.29, 0.717) is 17.9 Å². The number of hydrogen-bond donors (Lipinski definition) is 2. The van der Waals surface area contributed by atoms with Crippen LogP contribution in [0.1, 0.15) is 12.5 Å². The van der Waals surface area contributed by atoms with Crippen LogP contribution in [0, 0.1) is 6.92 Å². The maximum Gasteiger partial charge on any atom is 0.333 e. The third-order valence-corrected chi connectivity index (χ3v) is 3.46. The normalized spacial score (nSPS) is 21.7. The van der Waals surface area contributed by atoms with Crippen molar-refractivity contribution in [3.8, 4) is 0 Å². The van der Waals surface area contributed by atoms with Crippen LogP contribution >= 0.6 is 0 Å². The maximum atomic E-state index is 12.5. The van der Waals surface area contributed by atoms with Gasteiger partial charge in [-0.2, -0.15) is 0 Å². The number of carbonyl (C=O) groups is 2. The van der Waals surface area contributed by atoms with Gasteiger partial charge < -0.3 is 10.3 Å². The van der Waals surface area contributed by atoms with Crippen molar-refractivity contribution in [1.29, 1.82) is 0 Å². The Morgan fingerprint density at radius 1 is 1.20 bits per heavy atom. The minimum Gasteiger partial charge on any atom is -0.313 e. The average Bonchev–Trinajstić information content (AvgIpc) is 2.84. The zero-order valence-corrected chi connectivity index (χ0v) is 11.4. The first-order valence-electron chi connectivity index (χ1n) is 6.56. The van der Waals surface area contributed by atoms with E-state index in [2.05, 4.69) is 10.7 Å². The van der Waals surface area contributed by atoms with Gasteiger partial charge in [-0.1, -0.05) is 17.7 Å². The molecule has 3 amide bonds. The van der Waals surface area contributed by atoms with Crippen molar-refractivity contribution < 1.29 is 9.59 Å². The summed E-state index contributed by atoms with van der Waals surface area (Å²) < 4.78 is 0. The maximum absolute atomic E-state index is 12.5. The van der Waals surface area contributed by atoms with Gasteiger partial charge >= 0.3 is 6.03 Å². The van der Waals surface area contributed by atoms with E-state index < -0.39 is 12.1 Å². The second kappa shape index (κ2) is 4.64. The fraction of sp³-hybridized carbons (Fsp3) is 0.286. The molecule has 1 saturated heterocycles. The van der Waals surface area contributed by atoms with Gasteiger partial charge in [0, 0.05) is 12.7 Å². The Morgan fingerprint density at radius 2 is 1.90 bits per heavy atom. The Hall–Kier alpha value is -2.34. The van der Waals surface area contributed by atoms with Crippen LogP contribution in [0.3, 0.4) is 0 Å². The first-order valence-corrected chi connectivity index (χ1v) is 6.56. The summed E-state index contributed by atoms with van der Waals surface area (Å²) in [6.07, 6.45) is 1.76. The van der Waals surface area contributed by atoms with Gasteiger partial charge in [0.25, 0.3) is 5.91 Å². The first-order chi connectivity index (χ1) is 9.60. The molecule has 0 bridgehead atoms. The van der Waals surface area contributed by atoms with Crippen molar-refractivity contribution in [3.05, 3.63) is 41.7 Å². The average molecular weight is 272 g/mol. The summed E-state index contributed by atoms with van der Waals surface area (Å²) in [5.41, 5.74) is 5.32. The van der Waals surface area contributed by atoms with Crippen molar-refractivity contribution in [2.75, 3.05) is 11.4 Å². The van der Waals surface area contributed by atoms with E-state index in [9.17, 15) is 9.59 Å². The van der Waals surface area contributed by atoms with E-state index in [4.69, 9.17) is 0 Å². The Labute approximate surface area is 117 Å². The highest BCUT2D eigenvalue weighted by molar-refractivity contribution is 6.19. The smallest absolute Gasteiger partial charge is 0.313 e. The van der Waals surface area contributed by atoms with Gasteiger partial charge in [0.05, 0.1) is 11.4 Å². The van der Waals surface area contributed by atoms with Gasteiger partial charge in [-0.05, 0) is 26.0 Å². The molecule has 3 rings (SSSR count). The number of benzene rings is 1. The number of hydrogen-bond acceptors (Lipinski definition) is 4. The van der Waals surface area contributed by atoms with E-state index in [-0.39, 0.29) is 5.91 Å². The van der Waals surface area contributed by atoms with E-state index in [1.165, 1.54) is 4.90 Å². The zero-order valence-electron chi connectivity index (χ0n) is 11.4. The molecule has 1 unspecified atom stereocenters. The fourth-order valence-corrected chi connectivity index (χ4v) is 2.34. The van der Waals surface area contributed by atoms with Crippen LogP contribution in [0.25, 0.3) is 0 Å². The third kappa shape index (κ3) is 1.94. The van der Waals surface area contributed by atoms with E-state index >= 15 is 0 Å². The molecule has 1 atom stereocenters. The number of fused-ring (bicyclic) bond motifs is 1. The number of urea groups is 1. The predicted octanol–water partition coefficient (Wildman–Crippen LogP) is 1.10. The number of anilines is 1. The van der Waals surface area contributed by atoms with Crippen LogP contribution in [0.2, 0.25) is 0 Å². The number of carbonyl (C=O) groups excluding carboxylic acids is 2. The molecule has 0 spiro atoms. The zero-order chi connectivity index (χ0) is 14.3. The van der Waals surface area contributed by atoms with Crippen LogP contribution in [-0.2, 0) is 4.79 Å². The highest BCUT2D eigenvalue weighted by Crippen LogP contribution is 2.23. The minimum atomic E-state index is -0.519. The van der Waals surface area contributed by atoms with Gasteiger partial charge in [0.1, 0.15) is 6.04 Å². The van der Waals surface area contributed by atoms with Gasteiger partial charge in [-0.15, -0.1) is 0 Å². The van der Waals surface area contributed by atoms with Crippen LogP contribution in [-0.4, -0.2) is 29.5 Å². The Bertz CT molecular complexity index is 594. The molecule has 1 aromatic carbocycles. The van der Waals surface area contributed by atoms with Crippen LogP contribution in [0.15, 0.2) is 36.2 Å². The van der Waals surface area contributed by atoms with E-state index in [1.807, 2.05) is 26.0 Å². The van der Waals surface area contributed by atoms with Crippen molar-refractivity contribution in [1.82, 2.24) is 15.8 Å². The summed E-state index contributed by atoms with van der Waals surface area (Å²) >= 11 is 0. The summed E-state index contributed by atoms with van der Waals surface area (Å²) in [5, 5.41) is 4.55. The molecule has 2 heterocycles. The molecule has 0 aromatic heterocycles. The molecule has 0 radical (unpaired) electrons. The van der Waals surface area contributed by atoms with Gasteiger partial charge in [0.15, 0.2) is 0 Å². The molecule has 6 heteroatoms. The Kier molecular flexibility index (Phi) is 2.94. The molecular weight excluding hydrogens is 256 g/mol. The predicted molar refractivity (Wildman–Crippen MR) is 74.6 cm³/mol. The van der Waals surface area contributed by atoms with Crippen molar-refractivity contribution in [2.24, 2.45) is 0 Å². The molecule has 0 saturated carbocycles. The van der Waals surface area contributed by atoms with Gasteiger partial charge in [0.2, 0.25) is 0 Å². The number of nitrogens with one attached hydrogen (secondary N) is 2. The summed E-state index contributed by atoms with van der Waals surface area (Å²) in [6, 6.07) is 6.36. The molecule has 1 aromatic rings. The number of rotatable bonds is 2. The molecule has 2 aliphatic heterocycles. The largest absolute Gasteiger partial charge is 0.333 e. The highest BCUT2D eigenvalue weighted by Gasteiger charge is 2.42. The number of amides is 3. The summed E-state index contributed by atoms with van der Waals surface area (Å²) in [4.78, 5) is 25.8. The number of nitrogens with zero attached hydrogens (tertiary/aromatic N) is 2. The summed E-state index contributed by atoms with van der Waals surface area (Å²) in [6.45, 7) is 4.64. The molecule has 0 aliphatic carbocycles. The SMILES string of the molecule is CCN1C=C2NC(=O)N(c3ccc(C)cc3)C(=O)C2N1. The number of aryl methyl sites for hydroxylation is 1. The topological polar surface area (TPSA) is 64.7 Å². The molecule has 6 nitrogen and oxygen atoms in total. The first kappa shape index (κ1) is 12.7. The Balaban J connectivity index is 1.91. The standard InChI is InChI=1S/C14H16N4O2/c1-3-17-8-11-12(16-17)13(19)18(14(20)15-11)10-6-4-9(2)5-7-10/h4-8,12,16H,3H2,1-2H3,(H,15,20). The van der Waals surface area contributed by atoms with Crippen molar-refractivity contribution in [3.63, 3.8) is 0 Å². The lowest BCUT2D eigenvalue weighted by atomic mass is 10.1. The summed E-state index contributed by atoms with van der Waals surface area (Å²) in [5.74, 6) is -0.264. The molecule has 1 fully saturated rings. The second-order valence-electron chi connectivity index (χ2n) is 4.87. The van der Waals surface area contributed by atoms with Crippen LogP contribution in [0.4, 0.5) is 10.5 Å². The minimum absolute atomic E-state index is 0.264. The second-order valence-corrected chi connectivity index (χ2v) is 4.87. The fourth-order valence-electron chi connectivity index (χ4n) is 2.34. The molecule has 2 aliphatic rings. The number of imide groups is 1. The molecular formula is C14H16N4O2. The monoisotopic (exact) mass is 272 g/mol. The van der Waals surface area contributed by atoms with Crippen LogP contribution in [0.5, 0.6) is 0 Å². The lowest BCUT2D eigenvalue weighted by Crippen LogP contribution is -2.59. The molecule has 104 valence electrons. The molecule has 20 heavy (non-hydrogen) atoms. The Morgan fingerprint density at radius 3 is 2.55 bits per heavy atom. The van der Waals surface area contributed by atoms with Gasteiger partial charge in [-0.25, -0.2) is 15.1 Å². The highest BCUT2D eigenvalue weighted by atomic mass is 16.2. The van der Waals surface area contributed by atoms with E-state index in [0.717, 1.165) is 5.56 Å². The van der Waals surface area contributed by atoms with E-state index in [1.54, 1.807) is 23.3 Å².